The molecule has 1 aliphatic rings. The third-order valence-electron chi connectivity index (χ3n) is 5.95. The van der Waals surface area contributed by atoms with E-state index in [1.807, 2.05) is 66.7 Å². The van der Waals surface area contributed by atoms with Crippen LogP contribution in [0.5, 0.6) is 0 Å². The predicted octanol–water partition coefficient (Wildman–Crippen LogP) is 4.70. The Hall–Kier alpha value is -3.40. The molecule has 3 aromatic rings. The Morgan fingerprint density at radius 2 is 1.26 bits per heavy atom. The largest absolute Gasteiger partial charge is 0.334 e. The van der Waals surface area contributed by atoms with Crippen molar-refractivity contribution in [3.63, 3.8) is 0 Å². The second kappa shape index (κ2) is 10.1. The fraction of sp³-hybridized carbons (Fsp3) is 0.259. The van der Waals surface area contributed by atoms with Crippen molar-refractivity contribution in [3.8, 4) is 0 Å². The molecule has 1 saturated heterocycles. The van der Waals surface area contributed by atoms with Crippen molar-refractivity contribution in [2.45, 2.75) is 25.8 Å². The zero-order chi connectivity index (χ0) is 21.5. The summed E-state index contributed by atoms with van der Waals surface area (Å²) in [5.74, 6) is -0.314. The minimum atomic E-state index is -0.462. The molecule has 0 saturated carbocycles. The molecule has 4 nitrogen and oxygen atoms in total. The lowest BCUT2D eigenvalue weighted by atomic mass is 9.90. The number of amides is 2. The van der Waals surface area contributed by atoms with Gasteiger partial charge in [-0.1, -0.05) is 78.9 Å². The number of nitrogens with zero attached hydrogens (tertiary/aromatic N) is 2. The fourth-order valence-electron chi connectivity index (χ4n) is 4.19. The van der Waals surface area contributed by atoms with E-state index in [1.165, 1.54) is 5.56 Å². The Labute approximate surface area is 184 Å². The van der Waals surface area contributed by atoms with Gasteiger partial charge in [0.2, 0.25) is 0 Å². The van der Waals surface area contributed by atoms with Crippen LogP contribution >= 0.6 is 0 Å². The Bertz CT molecular complexity index is 982. The zero-order valence-electron chi connectivity index (χ0n) is 17.7. The second-order valence-electron chi connectivity index (χ2n) is 8.14. The highest BCUT2D eigenvalue weighted by atomic mass is 16.2. The van der Waals surface area contributed by atoms with Crippen molar-refractivity contribution < 1.29 is 9.59 Å². The van der Waals surface area contributed by atoms with Crippen molar-refractivity contribution in [2.24, 2.45) is 5.92 Å². The van der Waals surface area contributed by atoms with Gasteiger partial charge in [0.05, 0.1) is 6.54 Å². The van der Waals surface area contributed by atoms with E-state index in [0.29, 0.717) is 25.6 Å². The lowest BCUT2D eigenvalue weighted by molar-refractivity contribution is -0.145. The quantitative estimate of drug-likeness (QED) is 0.570. The van der Waals surface area contributed by atoms with Crippen LogP contribution in [0.1, 0.15) is 24.0 Å². The Morgan fingerprint density at radius 1 is 0.742 bits per heavy atom. The van der Waals surface area contributed by atoms with Gasteiger partial charge in [-0.15, -0.1) is 0 Å². The van der Waals surface area contributed by atoms with Crippen molar-refractivity contribution in [1.82, 2.24) is 4.90 Å². The average Bonchev–Trinajstić information content (AvgIpc) is 2.84. The molecular weight excluding hydrogens is 384 g/mol. The summed E-state index contributed by atoms with van der Waals surface area (Å²) in [5.41, 5.74) is 3.07. The van der Waals surface area contributed by atoms with E-state index in [-0.39, 0.29) is 0 Å². The molecule has 0 spiro atoms. The summed E-state index contributed by atoms with van der Waals surface area (Å²) in [6.07, 6.45) is 2.89. The highest BCUT2D eigenvalue weighted by Crippen LogP contribution is 2.23. The first kappa shape index (κ1) is 20.9. The predicted molar refractivity (Wildman–Crippen MR) is 124 cm³/mol. The van der Waals surface area contributed by atoms with Gasteiger partial charge in [-0.3, -0.25) is 14.5 Å². The maximum Gasteiger partial charge on any atom is 0.316 e. The van der Waals surface area contributed by atoms with E-state index in [1.54, 1.807) is 9.80 Å². The number of rotatable bonds is 5. The number of piperidine rings is 1. The van der Waals surface area contributed by atoms with Gasteiger partial charge in [-0.05, 0) is 48.4 Å². The summed E-state index contributed by atoms with van der Waals surface area (Å²) in [6, 6.07) is 29.7. The Kier molecular flexibility index (Phi) is 6.78. The van der Waals surface area contributed by atoms with Crippen molar-refractivity contribution in [3.05, 3.63) is 102 Å². The molecule has 0 N–H and O–H groups in total. The van der Waals surface area contributed by atoms with Crippen LogP contribution in [0, 0.1) is 5.92 Å². The molecule has 0 atom stereocenters. The maximum absolute atomic E-state index is 13.3. The van der Waals surface area contributed by atoms with E-state index >= 15 is 0 Å². The van der Waals surface area contributed by atoms with Gasteiger partial charge < -0.3 is 4.90 Å². The van der Waals surface area contributed by atoms with Crippen LogP contribution in [0.2, 0.25) is 0 Å². The number of likely N-dealkylation sites (tertiary alicyclic amines) is 1. The molecule has 0 unspecified atom stereocenters. The van der Waals surface area contributed by atoms with Crippen LogP contribution in [0.25, 0.3) is 0 Å². The van der Waals surface area contributed by atoms with Crippen LogP contribution in [-0.2, 0) is 22.6 Å². The maximum atomic E-state index is 13.3. The van der Waals surface area contributed by atoms with E-state index in [9.17, 15) is 9.59 Å². The number of para-hydroxylation sites is 1. The summed E-state index contributed by atoms with van der Waals surface area (Å²) >= 11 is 0. The first-order valence-electron chi connectivity index (χ1n) is 10.9. The minimum Gasteiger partial charge on any atom is -0.334 e. The molecule has 2 amide bonds. The summed E-state index contributed by atoms with van der Waals surface area (Å²) < 4.78 is 0. The van der Waals surface area contributed by atoms with Gasteiger partial charge in [0.25, 0.3) is 0 Å². The van der Waals surface area contributed by atoms with E-state index in [2.05, 4.69) is 24.3 Å². The minimum absolute atomic E-state index is 0.375. The van der Waals surface area contributed by atoms with Gasteiger partial charge in [-0.25, -0.2) is 0 Å². The summed E-state index contributed by atoms with van der Waals surface area (Å²) in [5, 5.41) is 0. The number of carbonyl (C=O) groups excluding carboxylic acids is 2. The smallest absolute Gasteiger partial charge is 0.316 e. The molecule has 1 fully saturated rings. The van der Waals surface area contributed by atoms with Crippen molar-refractivity contribution in [1.29, 1.82) is 0 Å². The van der Waals surface area contributed by atoms with Gasteiger partial charge in [0.1, 0.15) is 0 Å². The number of anilines is 1. The normalized spacial score (nSPS) is 14.3. The Morgan fingerprint density at radius 3 is 1.84 bits per heavy atom. The lowest BCUT2D eigenvalue weighted by Crippen LogP contribution is -2.48. The monoisotopic (exact) mass is 412 g/mol. The number of hydrogen-bond donors (Lipinski definition) is 0. The molecular formula is C27H28N2O2. The summed E-state index contributed by atoms with van der Waals surface area (Å²) in [4.78, 5) is 29.7. The Balaban J connectivity index is 1.42. The van der Waals surface area contributed by atoms with Crippen molar-refractivity contribution >= 4 is 17.5 Å². The molecule has 1 aliphatic heterocycles. The lowest BCUT2D eigenvalue weighted by Gasteiger charge is -2.33. The van der Waals surface area contributed by atoms with Crippen LogP contribution in [0.4, 0.5) is 5.69 Å². The van der Waals surface area contributed by atoms with Crippen molar-refractivity contribution in [2.75, 3.05) is 18.0 Å². The van der Waals surface area contributed by atoms with Gasteiger partial charge in [0, 0.05) is 18.8 Å². The fourth-order valence-corrected chi connectivity index (χ4v) is 4.19. The van der Waals surface area contributed by atoms with E-state index < -0.39 is 11.8 Å². The molecule has 0 aliphatic carbocycles. The van der Waals surface area contributed by atoms with Gasteiger partial charge in [0.15, 0.2) is 0 Å². The molecule has 3 aromatic carbocycles. The highest BCUT2D eigenvalue weighted by molar-refractivity contribution is 6.40. The number of carbonyl (C=O) groups is 2. The van der Waals surface area contributed by atoms with Crippen LogP contribution < -0.4 is 4.90 Å². The summed E-state index contributed by atoms with van der Waals surface area (Å²) in [6.45, 7) is 1.64. The standard InChI is InChI=1S/C27H28N2O2/c30-26(28-18-16-23(17-19-28)20-22-10-4-1-5-11-22)27(31)29(25-14-8-3-9-15-25)21-24-12-6-2-7-13-24/h1-15,23H,16-21H2. The number of benzene rings is 3. The summed E-state index contributed by atoms with van der Waals surface area (Å²) in [7, 11) is 0. The molecule has 0 radical (unpaired) electrons. The van der Waals surface area contributed by atoms with Crippen LogP contribution in [0.15, 0.2) is 91.0 Å². The molecule has 31 heavy (non-hydrogen) atoms. The first-order chi connectivity index (χ1) is 15.2. The third kappa shape index (κ3) is 5.40. The van der Waals surface area contributed by atoms with Crippen LogP contribution in [0.3, 0.4) is 0 Å². The third-order valence-corrected chi connectivity index (χ3v) is 5.95. The molecule has 0 bridgehead atoms. The topological polar surface area (TPSA) is 40.6 Å². The molecule has 4 heteroatoms. The zero-order valence-corrected chi connectivity index (χ0v) is 17.7. The van der Waals surface area contributed by atoms with Gasteiger partial charge >= 0.3 is 11.8 Å². The molecule has 4 rings (SSSR count). The molecule has 1 heterocycles. The molecule has 0 aromatic heterocycles. The van der Waals surface area contributed by atoms with Gasteiger partial charge in [-0.2, -0.15) is 0 Å². The first-order valence-corrected chi connectivity index (χ1v) is 10.9. The highest BCUT2D eigenvalue weighted by Gasteiger charge is 2.31. The SMILES string of the molecule is O=C(C(=O)N(Cc1ccccc1)c1ccccc1)N1CCC(Cc2ccccc2)CC1. The number of hydrogen-bond acceptors (Lipinski definition) is 2. The second-order valence-corrected chi connectivity index (χ2v) is 8.14. The average molecular weight is 413 g/mol. The van der Waals surface area contributed by atoms with Crippen LogP contribution in [-0.4, -0.2) is 29.8 Å². The van der Waals surface area contributed by atoms with E-state index in [0.717, 1.165) is 30.5 Å². The molecule has 158 valence electrons. The van der Waals surface area contributed by atoms with E-state index in [4.69, 9.17) is 0 Å².